The Labute approximate surface area is 231 Å². The molecule has 0 unspecified atom stereocenters. The Hall–Kier alpha value is -3.96. The summed E-state index contributed by atoms with van der Waals surface area (Å²) < 4.78 is 32.8. The van der Waals surface area contributed by atoms with Gasteiger partial charge < -0.3 is 15.4 Å². The van der Waals surface area contributed by atoms with Gasteiger partial charge in [0.25, 0.3) is 11.8 Å². The summed E-state index contributed by atoms with van der Waals surface area (Å²) in [6.45, 7) is 7.72. The molecule has 0 saturated carbocycles. The number of carbonyl (C=O) groups excluding carboxylic acids is 2. The van der Waals surface area contributed by atoms with E-state index in [9.17, 15) is 18.0 Å². The number of carbonyl (C=O) groups is 2. The van der Waals surface area contributed by atoms with E-state index in [-0.39, 0.29) is 22.8 Å². The van der Waals surface area contributed by atoms with Crippen LogP contribution in [0.3, 0.4) is 0 Å². The maximum Gasteiger partial charge on any atom is 0.265 e. The van der Waals surface area contributed by atoms with Crippen molar-refractivity contribution in [2.24, 2.45) is 0 Å². The van der Waals surface area contributed by atoms with E-state index in [4.69, 9.17) is 4.74 Å². The van der Waals surface area contributed by atoms with Gasteiger partial charge in [-0.15, -0.1) is 11.3 Å². The van der Waals surface area contributed by atoms with Crippen molar-refractivity contribution in [3.8, 4) is 5.75 Å². The third-order valence-electron chi connectivity index (χ3n) is 5.97. The van der Waals surface area contributed by atoms with Gasteiger partial charge in [-0.1, -0.05) is 32.9 Å². The van der Waals surface area contributed by atoms with Gasteiger partial charge in [-0.25, -0.2) is 8.42 Å². The van der Waals surface area contributed by atoms with Crippen LogP contribution in [0.4, 0.5) is 17.1 Å². The second-order valence-corrected chi connectivity index (χ2v) is 12.9. The predicted molar refractivity (Wildman–Crippen MR) is 157 cm³/mol. The van der Waals surface area contributed by atoms with Crippen molar-refractivity contribution >= 4 is 60.3 Å². The number of fused-ring (bicyclic) bond motifs is 1. The van der Waals surface area contributed by atoms with Crippen LogP contribution >= 0.6 is 11.3 Å². The van der Waals surface area contributed by atoms with Crippen LogP contribution in [0.25, 0.3) is 10.1 Å². The van der Waals surface area contributed by atoms with E-state index in [1.54, 1.807) is 55.6 Å². The van der Waals surface area contributed by atoms with Crippen molar-refractivity contribution in [2.45, 2.75) is 33.1 Å². The summed E-state index contributed by atoms with van der Waals surface area (Å²) in [6, 6.07) is 14.1. The molecular formula is C28H30N4O5S2. The van der Waals surface area contributed by atoms with E-state index in [2.05, 4.69) is 20.3 Å². The molecule has 0 aliphatic carbocycles. The summed E-state index contributed by atoms with van der Waals surface area (Å²) in [5, 5.41) is 6.61. The van der Waals surface area contributed by atoms with Crippen molar-refractivity contribution in [1.82, 2.24) is 4.98 Å². The Bertz CT molecular complexity index is 1690. The Balaban J connectivity index is 1.69. The van der Waals surface area contributed by atoms with Gasteiger partial charge >= 0.3 is 0 Å². The van der Waals surface area contributed by atoms with E-state index >= 15 is 0 Å². The zero-order valence-electron chi connectivity index (χ0n) is 22.5. The van der Waals surface area contributed by atoms with Crippen molar-refractivity contribution in [3.63, 3.8) is 0 Å². The third kappa shape index (κ3) is 6.37. The molecule has 204 valence electrons. The first-order valence-corrected chi connectivity index (χ1v) is 14.7. The highest BCUT2D eigenvalue weighted by Crippen LogP contribution is 2.40. The lowest BCUT2D eigenvalue weighted by molar-refractivity contribution is 0.102. The van der Waals surface area contributed by atoms with Crippen LogP contribution < -0.4 is 20.1 Å². The average molecular weight is 567 g/mol. The van der Waals surface area contributed by atoms with E-state index in [1.807, 2.05) is 26.8 Å². The highest BCUT2D eigenvalue weighted by molar-refractivity contribution is 7.92. The molecule has 2 amide bonds. The van der Waals surface area contributed by atoms with Gasteiger partial charge in [-0.3, -0.25) is 19.3 Å². The number of benzene rings is 2. The Kier molecular flexibility index (Phi) is 7.67. The number of ether oxygens (including phenoxy) is 1. The van der Waals surface area contributed by atoms with E-state index in [0.29, 0.717) is 27.5 Å². The van der Waals surface area contributed by atoms with Crippen molar-refractivity contribution in [2.75, 3.05) is 28.7 Å². The summed E-state index contributed by atoms with van der Waals surface area (Å²) in [5.41, 5.74) is 2.69. The van der Waals surface area contributed by atoms with Gasteiger partial charge in [0.15, 0.2) is 5.75 Å². The molecule has 0 saturated heterocycles. The minimum atomic E-state index is -3.60. The second-order valence-electron chi connectivity index (χ2n) is 10.1. The topological polar surface area (TPSA) is 126 Å². The van der Waals surface area contributed by atoms with Crippen LogP contribution in [-0.4, -0.2) is 38.6 Å². The molecule has 0 radical (unpaired) electrons. The molecule has 0 bridgehead atoms. The Morgan fingerprint density at radius 2 is 1.64 bits per heavy atom. The van der Waals surface area contributed by atoms with Crippen molar-refractivity contribution in [1.29, 1.82) is 0 Å². The van der Waals surface area contributed by atoms with Crippen LogP contribution in [0.1, 0.15) is 52.1 Å². The number of nitrogens with one attached hydrogen (secondary N) is 3. The van der Waals surface area contributed by atoms with E-state index < -0.39 is 15.9 Å². The number of aryl methyl sites for hydroxylation is 1. The van der Waals surface area contributed by atoms with Gasteiger partial charge in [0, 0.05) is 11.9 Å². The van der Waals surface area contributed by atoms with Crippen LogP contribution in [-0.2, 0) is 15.4 Å². The first-order chi connectivity index (χ1) is 18.3. The second kappa shape index (κ2) is 10.7. The molecule has 4 rings (SSSR count). The van der Waals surface area contributed by atoms with Crippen LogP contribution in [0.5, 0.6) is 5.75 Å². The molecule has 2 aromatic heterocycles. The van der Waals surface area contributed by atoms with Gasteiger partial charge in [0.1, 0.15) is 0 Å². The minimum Gasteiger partial charge on any atom is -0.492 e. The first-order valence-electron chi connectivity index (χ1n) is 12.0. The molecule has 39 heavy (non-hydrogen) atoms. The number of anilines is 3. The number of hydrogen-bond donors (Lipinski definition) is 3. The molecule has 0 spiro atoms. The largest absolute Gasteiger partial charge is 0.492 e. The van der Waals surface area contributed by atoms with Crippen molar-refractivity contribution in [3.05, 3.63) is 76.4 Å². The number of methoxy groups -OCH3 is 1. The Morgan fingerprint density at radius 1 is 0.949 bits per heavy atom. The fraction of sp³-hybridized carbons (Fsp3) is 0.250. The minimum absolute atomic E-state index is 0.197. The lowest BCUT2D eigenvalue weighted by atomic mass is 9.86. The van der Waals surface area contributed by atoms with Gasteiger partial charge in [0.2, 0.25) is 10.0 Å². The van der Waals surface area contributed by atoms with Crippen LogP contribution in [0.2, 0.25) is 0 Å². The quantitative estimate of drug-likeness (QED) is 0.260. The third-order valence-corrected chi connectivity index (χ3v) is 7.74. The highest BCUT2D eigenvalue weighted by Gasteiger charge is 2.23. The van der Waals surface area contributed by atoms with Gasteiger partial charge in [-0.2, -0.15) is 0 Å². The highest BCUT2D eigenvalue weighted by atomic mass is 32.2. The molecule has 0 aliphatic heterocycles. The summed E-state index contributed by atoms with van der Waals surface area (Å²) >= 11 is 1.24. The van der Waals surface area contributed by atoms with E-state index in [1.165, 1.54) is 18.4 Å². The summed E-state index contributed by atoms with van der Waals surface area (Å²) in [6.07, 6.45) is 2.68. The van der Waals surface area contributed by atoms with Crippen LogP contribution in [0.15, 0.2) is 54.7 Å². The molecule has 0 fully saturated rings. The standard InChI is InChI=1S/C28H30N4O5S2/c1-16-19(10-8-12-29-16)26(33)30-20-11-7-9-17-13-23(38-25(17)20)27(34)31-21-14-18(28(2,3)4)15-22(24(21)37-5)32-39(6,35)36/h7-15,32H,1-6H3,(H,30,33)(H,31,34). The number of nitrogens with zero attached hydrogens (tertiary/aromatic N) is 1. The first kappa shape index (κ1) is 28.1. The average Bonchev–Trinajstić information content (AvgIpc) is 3.28. The lowest BCUT2D eigenvalue weighted by Gasteiger charge is -2.23. The molecule has 2 heterocycles. The molecule has 3 N–H and O–H groups in total. The Morgan fingerprint density at radius 3 is 2.28 bits per heavy atom. The number of pyridine rings is 1. The summed E-state index contributed by atoms with van der Waals surface area (Å²) in [7, 11) is -2.19. The molecule has 0 aliphatic rings. The molecule has 4 aromatic rings. The predicted octanol–water partition coefficient (Wildman–Crippen LogP) is 5.79. The monoisotopic (exact) mass is 566 g/mol. The fourth-order valence-electron chi connectivity index (χ4n) is 4.02. The summed E-state index contributed by atoms with van der Waals surface area (Å²) in [4.78, 5) is 30.9. The molecule has 2 aromatic carbocycles. The maximum absolute atomic E-state index is 13.4. The van der Waals surface area contributed by atoms with Gasteiger partial charge in [0.05, 0.1) is 45.6 Å². The zero-order valence-corrected chi connectivity index (χ0v) is 24.1. The molecule has 0 atom stereocenters. The van der Waals surface area contributed by atoms with E-state index in [0.717, 1.165) is 21.9 Å². The zero-order chi connectivity index (χ0) is 28.5. The number of sulfonamides is 1. The SMILES string of the molecule is COc1c(NC(=O)c2cc3cccc(NC(=O)c4cccnc4C)c3s2)cc(C(C)(C)C)cc1NS(C)(=O)=O. The smallest absolute Gasteiger partial charge is 0.265 e. The molecule has 9 nitrogen and oxygen atoms in total. The molecular weight excluding hydrogens is 536 g/mol. The number of amides is 2. The summed E-state index contributed by atoms with van der Waals surface area (Å²) in [5.74, 6) is -0.490. The maximum atomic E-state index is 13.4. The number of thiophene rings is 1. The van der Waals surface area contributed by atoms with Crippen LogP contribution in [0, 0.1) is 6.92 Å². The lowest BCUT2D eigenvalue weighted by Crippen LogP contribution is -2.18. The number of hydrogen-bond acceptors (Lipinski definition) is 7. The van der Waals surface area contributed by atoms with Gasteiger partial charge in [-0.05, 0) is 59.7 Å². The fourth-order valence-corrected chi connectivity index (χ4v) is 5.60. The number of aromatic nitrogens is 1. The molecule has 11 heteroatoms. The van der Waals surface area contributed by atoms with Crippen molar-refractivity contribution < 1.29 is 22.7 Å². The number of rotatable bonds is 7. The normalized spacial score (nSPS) is 11.7.